The van der Waals surface area contributed by atoms with Crippen LogP contribution in [0.3, 0.4) is 0 Å². The highest BCUT2D eigenvalue weighted by atomic mass is 32.2. The van der Waals surface area contributed by atoms with Gasteiger partial charge in [0.05, 0.1) is 12.8 Å². The lowest BCUT2D eigenvalue weighted by atomic mass is 10.1. The number of hydrogen-bond donors (Lipinski definition) is 1. The molecule has 0 bridgehead atoms. The third-order valence-corrected chi connectivity index (χ3v) is 6.16. The fourth-order valence-electron chi connectivity index (χ4n) is 3.21. The first kappa shape index (κ1) is 21.6. The summed E-state index contributed by atoms with van der Waals surface area (Å²) in [4.78, 5) is 13.4. The fraction of sp³-hybridized carbons (Fsp3) is 0.167. The Balaban J connectivity index is 1.65. The summed E-state index contributed by atoms with van der Waals surface area (Å²) in [6, 6.07) is 23.0. The predicted molar refractivity (Wildman–Crippen MR) is 125 cm³/mol. The Morgan fingerprint density at radius 2 is 1.78 bits per heavy atom. The second kappa shape index (κ2) is 9.65. The zero-order chi connectivity index (χ0) is 22.5. The molecule has 8 heteroatoms. The summed E-state index contributed by atoms with van der Waals surface area (Å²) in [6.07, 6.45) is 0. The van der Waals surface area contributed by atoms with Crippen molar-refractivity contribution in [2.45, 2.75) is 24.3 Å². The minimum absolute atomic E-state index is 0.140. The van der Waals surface area contributed by atoms with Crippen molar-refractivity contribution in [3.8, 4) is 11.4 Å². The number of carbonyl (C=O) groups excluding carboxylic acids is 1. The van der Waals surface area contributed by atoms with Crippen molar-refractivity contribution in [3.63, 3.8) is 0 Å². The van der Waals surface area contributed by atoms with E-state index in [1.54, 1.807) is 11.8 Å². The van der Waals surface area contributed by atoms with Crippen LogP contribution in [0.2, 0.25) is 0 Å². The number of rotatable bonds is 7. The number of nitrogens with zero attached hydrogens (tertiary/aromatic N) is 4. The Hall–Kier alpha value is -3.65. The minimum Gasteiger partial charge on any atom is -0.497 e. The standard InChI is InChI=1S/C24H23N5O2S/c1-16-9-10-17(2)21(15-16)25-23(30)22(18-7-5-4-6-8-18)32-24-26-27-28-29(24)19-11-13-20(31-3)14-12-19/h4-15,22H,1-3H3,(H,25,30)/t22-/m1/s1. The molecule has 7 nitrogen and oxygen atoms in total. The molecule has 0 aliphatic carbocycles. The summed E-state index contributed by atoms with van der Waals surface area (Å²) >= 11 is 1.30. The Kier molecular flexibility index (Phi) is 6.51. The Morgan fingerprint density at radius 3 is 2.50 bits per heavy atom. The topological polar surface area (TPSA) is 81.9 Å². The number of benzene rings is 3. The van der Waals surface area contributed by atoms with Gasteiger partial charge in [-0.15, -0.1) is 5.10 Å². The van der Waals surface area contributed by atoms with Crippen molar-refractivity contribution >= 4 is 23.4 Å². The lowest BCUT2D eigenvalue weighted by Crippen LogP contribution is -2.20. The largest absolute Gasteiger partial charge is 0.497 e. The Morgan fingerprint density at radius 1 is 1.03 bits per heavy atom. The lowest BCUT2D eigenvalue weighted by Gasteiger charge is -2.18. The summed E-state index contributed by atoms with van der Waals surface area (Å²) in [5.74, 6) is 0.602. The van der Waals surface area contributed by atoms with E-state index in [1.165, 1.54) is 11.8 Å². The van der Waals surface area contributed by atoms with Gasteiger partial charge in [-0.05, 0) is 71.3 Å². The Labute approximate surface area is 190 Å². The molecule has 1 amide bonds. The molecule has 0 saturated carbocycles. The third kappa shape index (κ3) is 4.81. The van der Waals surface area contributed by atoms with Gasteiger partial charge in [0.15, 0.2) is 0 Å². The van der Waals surface area contributed by atoms with E-state index >= 15 is 0 Å². The van der Waals surface area contributed by atoms with Crippen LogP contribution >= 0.6 is 11.8 Å². The first-order chi connectivity index (χ1) is 15.5. The molecule has 0 aliphatic rings. The van der Waals surface area contributed by atoms with Crippen LogP contribution in [0.4, 0.5) is 5.69 Å². The number of aromatic nitrogens is 4. The smallest absolute Gasteiger partial charge is 0.242 e. The molecule has 1 atom stereocenters. The second-order valence-corrected chi connectivity index (χ2v) is 8.36. The van der Waals surface area contributed by atoms with Gasteiger partial charge in [0, 0.05) is 5.69 Å². The maximum absolute atomic E-state index is 13.4. The molecule has 32 heavy (non-hydrogen) atoms. The zero-order valence-corrected chi connectivity index (χ0v) is 18.8. The van der Waals surface area contributed by atoms with E-state index in [-0.39, 0.29) is 5.91 Å². The lowest BCUT2D eigenvalue weighted by molar-refractivity contribution is -0.115. The normalized spacial score (nSPS) is 11.7. The van der Waals surface area contributed by atoms with Gasteiger partial charge in [0.1, 0.15) is 11.0 Å². The molecule has 0 saturated heterocycles. The van der Waals surface area contributed by atoms with E-state index in [9.17, 15) is 4.79 Å². The van der Waals surface area contributed by atoms with E-state index in [0.29, 0.717) is 5.16 Å². The summed E-state index contributed by atoms with van der Waals surface area (Å²) < 4.78 is 6.84. The summed E-state index contributed by atoms with van der Waals surface area (Å²) in [5.41, 5.74) is 4.53. The highest BCUT2D eigenvalue weighted by molar-refractivity contribution is 8.00. The molecule has 1 aromatic heterocycles. The predicted octanol–water partition coefficient (Wildman–Crippen LogP) is 4.76. The maximum atomic E-state index is 13.4. The van der Waals surface area contributed by atoms with Crippen LogP contribution in [-0.4, -0.2) is 33.2 Å². The molecule has 3 aromatic carbocycles. The van der Waals surface area contributed by atoms with Crippen molar-refractivity contribution in [2.75, 3.05) is 12.4 Å². The molecule has 0 aliphatic heterocycles. The van der Waals surface area contributed by atoms with Crippen LogP contribution in [0.5, 0.6) is 5.75 Å². The van der Waals surface area contributed by atoms with Gasteiger partial charge in [-0.3, -0.25) is 4.79 Å². The number of thioether (sulfide) groups is 1. The molecule has 0 unspecified atom stereocenters. The molecule has 0 spiro atoms. The fourth-order valence-corrected chi connectivity index (χ4v) is 4.21. The number of nitrogens with one attached hydrogen (secondary N) is 1. The number of anilines is 1. The molecular formula is C24H23N5O2S. The van der Waals surface area contributed by atoms with Gasteiger partial charge in [0.25, 0.3) is 0 Å². The van der Waals surface area contributed by atoms with Crippen LogP contribution in [0.1, 0.15) is 21.9 Å². The second-order valence-electron chi connectivity index (χ2n) is 7.29. The van der Waals surface area contributed by atoms with Gasteiger partial charge in [0.2, 0.25) is 11.1 Å². The number of aryl methyl sites for hydroxylation is 2. The number of carbonyl (C=O) groups is 1. The van der Waals surface area contributed by atoms with E-state index < -0.39 is 5.25 Å². The summed E-state index contributed by atoms with van der Waals surface area (Å²) in [5, 5.41) is 15.2. The van der Waals surface area contributed by atoms with Gasteiger partial charge in [-0.2, -0.15) is 4.68 Å². The van der Waals surface area contributed by atoms with Crippen LogP contribution in [0.25, 0.3) is 5.69 Å². The van der Waals surface area contributed by atoms with Crippen molar-refractivity contribution < 1.29 is 9.53 Å². The molecular weight excluding hydrogens is 422 g/mol. The van der Waals surface area contributed by atoms with Crippen LogP contribution in [0, 0.1) is 13.8 Å². The first-order valence-corrected chi connectivity index (χ1v) is 11.0. The summed E-state index contributed by atoms with van der Waals surface area (Å²) in [6.45, 7) is 3.98. The third-order valence-electron chi connectivity index (χ3n) is 4.97. The van der Waals surface area contributed by atoms with Gasteiger partial charge in [-0.1, -0.05) is 54.2 Å². The zero-order valence-electron chi connectivity index (χ0n) is 18.0. The van der Waals surface area contributed by atoms with Gasteiger partial charge in [-0.25, -0.2) is 0 Å². The van der Waals surface area contributed by atoms with Crippen molar-refractivity contribution in [1.29, 1.82) is 0 Å². The number of hydrogen-bond acceptors (Lipinski definition) is 6. The SMILES string of the molecule is COc1ccc(-n2nnnc2S[C@@H](C(=O)Nc2cc(C)ccc2C)c2ccccc2)cc1. The van der Waals surface area contributed by atoms with Crippen LogP contribution < -0.4 is 10.1 Å². The number of amides is 1. The average molecular weight is 446 g/mol. The Bertz CT molecular complexity index is 1210. The maximum Gasteiger partial charge on any atom is 0.242 e. The quantitative estimate of drug-likeness (QED) is 0.413. The van der Waals surface area contributed by atoms with Crippen LogP contribution in [0.15, 0.2) is 78.0 Å². The van der Waals surface area contributed by atoms with E-state index in [1.807, 2.05) is 86.6 Å². The van der Waals surface area contributed by atoms with Gasteiger partial charge < -0.3 is 10.1 Å². The number of tetrazole rings is 1. The van der Waals surface area contributed by atoms with Crippen LogP contribution in [-0.2, 0) is 4.79 Å². The van der Waals surface area contributed by atoms with E-state index in [4.69, 9.17) is 4.74 Å². The van der Waals surface area contributed by atoms with E-state index in [0.717, 1.165) is 33.8 Å². The molecule has 4 rings (SSSR count). The molecule has 4 aromatic rings. The molecule has 1 heterocycles. The molecule has 1 N–H and O–H groups in total. The molecule has 0 radical (unpaired) electrons. The van der Waals surface area contributed by atoms with Crippen molar-refractivity contribution in [2.24, 2.45) is 0 Å². The average Bonchev–Trinajstić information content (AvgIpc) is 3.28. The molecule has 0 fully saturated rings. The minimum atomic E-state index is -0.542. The summed E-state index contributed by atoms with van der Waals surface area (Å²) in [7, 11) is 1.62. The van der Waals surface area contributed by atoms with E-state index in [2.05, 4.69) is 20.8 Å². The van der Waals surface area contributed by atoms with Crippen molar-refractivity contribution in [3.05, 3.63) is 89.5 Å². The van der Waals surface area contributed by atoms with Crippen molar-refractivity contribution in [1.82, 2.24) is 20.2 Å². The number of ether oxygens (including phenoxy) is 1. The number of methoxy groups -OCH3 is 1. The highest BCUT2D eigenvalue weighted by Gasteiger charge is 2.26. The molecule has 162 valence electrons. The highest BCUT2D eigenvalue weighted by Crippen LogP contribution is 2.36. The van der Waals surface area contributed by atoms with Gasteiger partial charge >= 0.3 is 0 Å². The first-order valence-electron chi connectivity index (χ1n) is 10.1. The monoisotopic (exact) mass is 445 g/mol.